The third-order valence-corrected chi connectivity index (χ3v) is 3.57. The van der Waals surface area contributed by atoms with Crippen molar-refractivity contribution in [2.24, 2.45) is 0 Å². The highest BCUT2D eigenvalue weighted by atomic mass is 16.6. The molecule has 0 spiro atoms. The molecule has 0 aliphatic carbocycles. The molecule has 1 aromatic rings. The summed E-state index contributed by atoms with van der Waals surface area (Å²) in [6, 6.07) is 3.59. The molecule has 1 aliphatic rings. The maximum atomic E-state index is 12.4. The molecule has 1 heterocycles. The Kier molecular flexibility index (Phi) is 4.89. The second-order valence-electron chi connectivity index (χ2n) is 7.12. The minimum absolute atomic E-state index is 0.00227. The first kappa shape index (κ1) is 18.5. The van der Waals surface area contributed by atoms with Crippen molar-refractivity contribution >= 4 is 23.4 Å². The average Bonchev–Trinajstić information content (AvgIpc) is 2.69. The van der Waals surface area contributed by atoms with Gasteiger partial charge >= 0.3 is 0 Å². The third kappa shape index (κ3) is 4.18. The zero-order valence-corrected chi connectivity index (χ0v) is 14.6. The van der Waals surface area contributed by atoms with Crippen LogP contribution in [0.1, 0.15) is 41.5 Å². The van der Waals surface area contributed by atoms with Crippen LogP contribution in [0.4, 0.5) is 5.69 Å². The number of imide groups is 1. The van der Waals surface area contributed by atoms with Gasteiger partial charge in [-0.1, -0.05) is 0 Å². The largest absolute Gasteiger partial charge is 0.347 e. The van der Waals surface area contributed by atoms with Crippen LogP contribution >= 0.6 is 0 Å². The first-order valence-electron chi connectivity index (χ1n) is 7.76. The van der Waals surface area contributed by atoms with E-state index in [9.17, 15) is 24.5 Å². The number of fused-ring (bicyclic) bond motifs is 1. The molecule has 0 aromatic heterocycles. The number of non-ortho nitro benzene ring substituents is 1. The minimum atomic E-state index is -0.616. The number of likely N-dealkylation sites (N-methyl/N-ethyl adjacent to an activating group) is 1. The molecular formula is C16H21N4O5+. The van der Waals surface area contributed by atoms with E-state index in [1.54, 1.807) is 7.05 Å². The minimum Gasteiger partial charge on any atom is -0.347 e. The average molecular weight is 349 g/mol. The molecule has 1 atom stereocenters. The fraction of sp³-hybridized carbons (Fsp3) is 0.438. The lowest BCUT2D eigenvalue weighted by Gasteiger charge is -2.23. The van der Waals surface area contributed by atoms with E-state index >= 15 is 0 Å². The van der Waals surface area contributed by atoms with Gasteiger partial charge in [0.15, 0.2) is 13.2 Å². The van der Waals surface area contributed by atoms with Crippen LogP contribution in [0, 0.1) is 10.1 Å². The van der Waals surface area contributed by atoms with Crippen LogP contribution in [0.15, 0.2) is 18.2 Å². The molecule has 1 aliphatic heterocycles. The van der Waals surface area contributed by atoms with Crippen LogP contribution in [0.3, 0.4) is 0 Å². The lowest BCUT2D eigenvalue weighted by atomic mass is 10.1. The van der Waals surface area contributed by atoms with Crippen molar-refractivity contribution in [3.8, 4) is 0 Å². The van der Waals surface area contributed by atoms with Crippen molar-refractivity contribution < 1.29 is 24.2 Å². The molecule has 9 nitrogen and oxygen atoms in total. The van der Waals surface area contributed by atoms with Gasteiger partial charge in [-0.25, -0.2) is 4.90 Å². The predicted molar refractivity (Wildman–Crippen MR) is 88.1 cm³/mol. The summed E-state index contributed by atoms with van der Waals surface area (Å²) in [6.45, 7) is 5.66. The summed E-state index contributed by atoms with van der Waals surface area (Å²) in [5, 5.41) is 13.6. The number of carbonyl (C=O) groups is 3. The summed E-state index contributed by atoms with van der Waals surface area (Å²) in [5.74, 6) is -1.29. The molecule has 2 rings (SSSR count). The van der Waals surface area contributed by atoms with Gasteiger partial charge in [0.25, 0.3) is 23.4 Å². The van der Waals surface area contributed by atoms with Crippen molar-refractivity contribution in [3.05, 3.63) is 39.4 Å². The molecule has 9 heteroatoms. The van der Waals surface area contributed by atoms with E-state index in [1.165, 1.54) is 12.1 Å². The van der Waals surface area contributed by atoms with Crippen molar-refractivity contribution in [1.82, 2.24) is 10.2 Å². The van der Waals surface area contributed by atoms with Crippen LogP contribution in [-0.4, -0.2) is 53.3 Å². The van der Waals surface area contributed by atoms with E-state index in [0.29, 0.717) is 4.90 Å². The Hall–Kier alpha value is -2.81. The van der Waals surface area contributed by atoms with Gasteiger partial charge in [-0.05, 0) is 26.8 Å². The number of hydrogen-bond donors (Lipinski definition) is 2. The third-order valence-electron chi connectivity index (χ3n) is 3.57. The molecule has 0 saturated carbocycles. The van der Waals surface area contributed by atoms with Crippen molar-refractivity contribution in [1.29, 1.82) is 0 Å². The molecule has 1 aromatic carbocycles. The second kappa shape index (κ2) is 6.60. The fourth-order valence-corrected chi connectivity index (χ4v) is 2.60. The van der Waals surface area contributed by atoms with Crippen LogP contribution < -0.4 is 10.2 Å². The van der Waals surface area contributed by atoms with E-state index in [4.69, 9.17) is 0 Å². The Balaban J connectivity index is 2.09. The van der Waals surface area contributed by atoms with E-state index in [0.717, 1.165) is 11.0 Å². The monoisotopic (exact) mass is 349 g/mol. The Morgan fingerprint density at radius 3 is 2.40 bits per heavy atom. The highest BCUT2D eigenvalue weighted by molar-refractivity contribution is 6.21. The van der Waals surface area contributed by atoms with E-state index in [1.807, 2.05) is 20.8 Å². The Bertz CT molecular complexity index is 753. The van der Waals surface area contributed by atoms with Gasteiger partial charge in [-0.2, -0.15) is 0 Å². The lowest BCUT2D eigenvalue weighted by Crippen LogP contribution is -3.12. The fourth-order valence-electron chi connectivity index (χ4n) is 2.60. The number of carbonyl (C=O) groups excluding carboxylic acids is 3. The topological polar surface area (TPSA) is 114 Å². The highest BCUT2D eigenvalue weighted by Crippen LogP contribution is 2.25. The maximum absolute atomic E-state index is 12.4. The molecule has 25 heavy (non-hydrogen) atoms. The molecule has 2 N–H and O–H groups in total. The molecule has 0 saturated heterocycles. The number of nitrogens with zero attached hydrogens (tertiary/aromatic N) is 2. The summed E-state index contributed by atoms with van der Waals surface area (Å²) < 4.78 is 0. The van der Waals surface area contributed by atoms with Gasteiger partial charge in [0.05, 0.1) is 23.1 Å². The summed E-state index contributed by atoms with van der Waals surface area (Å²) in [5.41, 5.74) is -0.452. The number of quaternary nitrogens is 1. The number of amides is 3. The predicted octanol–water partition coefficient (Wildman–Crippen LogP) is -0.422. The molecule has 134 valence electrons. The van der Waals surface area contributed by atoms with Crippen LogP contribution in [-0.2, 0) is 4.79 Å². The number of hydrogen-bond acceptors (Lipinski definition) is 5. The molecular weight excluding hydrogens is 328 g/mol. The van der Waals surface area contributed by atoms with Crippen molar-refractivity contribution in [3.63, 3.8) is 0 Å². The summed E-state index contributed by atoms with van der Waals surface area (Å²) >= 11 is 0. The standard InChI is InChI=1S/C16H20N4O5/c1-16(2,3)17-13(21)8-18(4)9-19-14(22)11-6-5-10(20(24)25)7-12(11)15(19)23/h5-7H,8-9H2,1-4H3,(H,17,21)/p+1. The molecule has 0 bridgehead atoms. The zero-order chi connectivity index (χ0) is 18.9. The number of nitrogens with one attached hydrogen (secondary N) is 2. The van der Waals surface area contributed by atoms with Gasteiger partial charge in [-0.15, -0.1) is 0 Å². The lowest BCUT2D eigenvalue weighted by molar-refractivity contribution is -0.878. The number of benzene rings is 1. The van der Waals surface area contributed by atoms with Gasteiger partial charge in [-0.3, -0.25) is 24.5 Å². The molecule has 1 unspecified atom stereocenters. The first-order chi connectivity index (χ1) is 11.5. The van der Waals surface area contributed by atoms with Gasteiger partial charge < -0.3 is 10.2 Å². The van der Waals surface area contributed by atoms with Crippen LogP contribution in [0.5, 0.6) is 0 Å². The summed E-state index contributed by atoms with van der Waals surface area (Å²) in [7, 11) is 1.69. The quantitative estimate of drug-likeness (QED) is 0.426. The smallest absolute Gasteiger partial charge is 0.275 e. The summed E-state index contributed by atoms with van der Waals surface area (Å²) in [6.07, 6.45) is 0. The normalized spacial score (nSPS) is 15.1. The Labute approximate surface area is 144 Å². The SMILES string of the molecule is C[NH+](CC(=O)NC(C)(C)C)CN1C(=O)c2ccc([N+](=O)[O-])cc2C1=O. The molecule has 0 fully saturated rings. The van der Waals surface area contributed by atoms with Gasteiger partial charge in [0.1, 0.15) is 0 Å². The highest BCUT2D eigenvalue weighted by Gasteiger charge is 2.38. The number of rotatable bonds is 5. The second-order valence-corrected chi connectivity index (χ2v) is 7.12. The molecule has 3 amide bonds. The number of nitro groups is 1. The van der Waals surface area contributed by atoms with E-state index < -0.39 is 16.7 Å². The molecule has 0 radical (unpaired) electrons. The van der Waals surface area contributed by atoms with Crippen LogP contribution in [0.25, 0.3) is 0 Å². The van der Waals surface area contributed by atoms with Crippen molar-refractivity contribution in [2.45, 2.75) is 26.3 Å². The van der Waals surface area contributed by atoms with Crippen molar-refractivity contribution in [2.75, 3.05) is 20.3 Å². The van der Waals surface area contributed by atoms with E-state index in [-0.39, 0.29) is 41.5 Å². The Morgan fingerprint density at radius 1 is 1.24 bits per heavy atom. The first-order valence-corrected chi connectivity index (χ1v) is 7.76. The van der Waals surface area contributed by atoms with Gasteiger partial charge in [0.2, 0.25) is 0 Å². The van der Waals surface area contributed by atoms with Gasteiger partial charge in [0, 0.05) is 17.7 Å². The zero-order valence-electron chi connectivity index (χ0n) is 14.6. The number of nitro benzene ring substituents is 1. The van der Waals surface area contributed by atoms with E-state index in [2.05, 4.69) is 5.32 Å². The summed E-state index contributed by atoms with van der Waals surface area (Å²) in [4.78, 5) is 48.6. The maximum Gasteiger partial charge on any atom is 0.275 e. The van der Waals surface area contributed by atoms with Crippen LogP contribution in [0.2, 0.25) is 0 Å². The Morgan fingerprint density at radius 2 is 1.84 bits per heavy atom.